The zero-order valence-corrected chi connectivity index (χ0v) is 18.9. The predicted molar refractivity (Wildman–Crippen MR) is 122 cm³/mol. The molecule has 7 heteroatoms. The highest BCUT2D eigenvalue weighted by molar-refractivity contribution is 7.09. The van der Waals surface area contributed by atoms with E-state index in [4.69, 9.17) is 0 Å². The number of carbonyl (C=O) groups is 2. The molecule has 0 aliphatic heterocycles. The van der Waals surface area contributed by atoms with Gasteiger partial charge in [-0.05, 0) is 47.2 Å². The molecule has 0 bridgehead atoms. The first kappa shape index (κ1) is 23.6. The van der Waals surface area contributed by atoms with Gasteiger partial charge >= 0.3 is 0 Å². The van der Waals surface area contributed by atoms with Gasteiger partial charge in [0.1, 0.15) is 18.2 Å². The fourth-order valence-corrected chi connectivity index (χ4v) is 4.08. The topological polar surface area (TPSA) is 40.6 Å². The van der Waals surface area contributed by atoms with Crippen LogP contribution in [0.4, 0.5) is 8.78 Å². The molecule has 0 fully saturated rings. The van der Waals surface area contributed by atoms with Crippen molar-refractivity contribution < 1.29 is 18.4 Å². The summed E-state index contributed by atoms with van der Waals surface area (Å²) in [5.41, 5.74) is 0.733. The largest absolute Gasteiger partial charge is 0.332 e. The summed E-state index contributed by atoms with van der Waals surface area (Å²) in [6, 6.07) is 15.6. The minimum Gasteiger partial charge on any atom is -0.332 e. The number of hydrogen-bond acceptors (Lipinski definition) is 3. The van der Waals surface area contributed by atoms with Crippen LogP contribution in [0.25, 0.3) is 0 Å². The Morgan fingerprint density at radius 2 is 1.62 bits per heavy atom. The summed E-state index contributed by atoms with van der Waals surface area (Å²) >= 11 is 1.53. The summed E-state index contributed by atoms with van der Waals surface area (Å²) in [7, 11) is 0. The SMILES string of the molecule is CC(C)CN(CC(=O)N(Cc1ccc(F)cc1)Cc1cccs1)C(=O)c1ccccc1F. The highest BCUT2D eigenvalue weighted by atomic mass is 32.1. The maximum absolute atomic E-state index is 14.2. The number of thiophene rings is 1. The fourth-order valence-electron chi connectivity index (χ4n) is 3.36. The highest BCUT2D eigenvalue weighted by Crippen LogP contribution is 2.17. The molecule has 0 saturated heterocycles. The van der Waals surface area contributed by atoms with Crippen molar-refractivity contribution in [2.24, 2.45) is 5.92 Å². The van der Waals surface area contributed by atoms with E-state index in [-0.39, 0.29) is 36.3 Å². The minimum atomic E-state index is -0.611. The van der Waals surface area contributed by atoms with E-state index in [1.165, 1.54) is 46.6 Å². The highest BCUT2D eigenvalue weighted by Gasteiger charge is 2.25. The van der Waals surface area contributed by atoms with E-state index in [1.54, 1.807) is 23.1 Å². The smallest absolute Gasteiger partial charge is 0.257 e. The molecule has 0 spiro atoms. The number of carbonyl (C=O) groups excluding carboxylic acids is 2. The maximum Gasteiger partial charge on any atom is 0.257 e. The number of amides is 2. The molecule has 4 nitrogen and oxygen atoms in total. The Balaban J connectivity index is 1.82. The van der Waals surface area contributed by atoms with Gasteiger partial charge in [0.15, 0.2) is 0 Å². The Kier molecular flexibility index (Phi) is 8.11. The lowest BCUT2D eigenvalue weighted by atomic mass is 10.1. The summed E-state index contributed by atoms with van der Waals surface area (Å²) in [5.74, 6) is -1.62. The summed E-state index contributed by atoms with van der Waals surface area (Å²) in [6.45, 7) is 4.68. The number of hydrogen-bond donors (Lipinski definition) is 0. The van der Waals surface area contributed by atoms with Gasteiger partial charge in [-0.25, -0.2) is 8.78 Å². The molecular weight excluding hydrogens is 430 g/mol. The number of nitrogens with zero attached hydrogens (tertiary/aromatic N) is 2. The Bertz CT molecular complexity index is 1040. The summed E-state index contributed by atoms with van der Waals surface area (Å²) in [6.07, 6.45) is 0. The van der Waals surface area contributed by atoms with E-state index >= 15 is 0 Å². The normalized spacial score (nSPS) is 10.9. The summed E-state index contributed by atoms with van der Waals surface area (Å²) in [5, 5.41) is 1.93. The first-order valence-electron chi connectivity index (χ1n) is 10.4. The van der Waals surface area contributed by atoms with E-state index in [0.717, 1.165) is 10.4 Å². The van der Waals surface area contributed by atoms with Crippen molar-refractivity contribution >= 4 is 23.2 Å². The molecule has 32 heavy (non-hydrogen) atoms. The van der Waals surface area contributed by atoms with E-state index in [9.17, 15) is 18.4 Å². The lowest BCUT2D eigenvalue weighted by molar-refractivity contribution is -0.133. The molecule has 0 aliphatic carbocycles. The Morgan fingerprint density at radius 1 is 0.906 bits per heavy atom. The van der Waals surface area contributed by atoms with Crippen LogP contribution in [0.3, 0.4) is 0 Å². The maximum atomic E-state index is 14.2. The van der Waals surface area contributed by atoms with Crippen molar-refractivity contribution in [1.82, 2.24) is 9.80 Å². The van der Waals surface area contributed by atoms with Gasteiger partial charge < -0.3 is 9.80 Å². The lowest BCUT2D eigenvalue weighted by Crippen LogP contribution is -2.44. The van der Waals surface area contributed by atoms with Gasteiger partial charge in [0.05, 0.1) is 12.1 Å². The van der Waals surface area contributed by atoms with Crippen molar-refractivity contribution in [3.8, 4) is 0 Å². The molecule has 3 aromatic rings. The third-order valence-corrected chi connectivity index (χ3v) is 5.73. The van der Waals surface area contributed by atoms with Crippen LogP contribution in [0.2, 0.25) is 0 Å². The van der Waals surface area contributed by atoms with Crippen molar-refractivity contribution in [1.29, 1.82) is 0 Å². The van der Waals surface area contributed by atoms with Crippen LogP contribution in [-0.2, 0) is 17.9 Å². The molecule has 1 heterocycles. The van der Waals surface area contributed by atoms with Crippen molar-refractivity contribution in [3.63, 3.8) is 0 Å². The van der Waals surface area contributed by atoms with E-state index in [1.807, 2.05) is 31.4 Å². The van der Waals surface area contributed by atoms with Crippen molar-refractivity contribution in [3.05, 3.63) is 93.7 Å². The van der Waals surface area contributed by atoms with Gasteiger partial charge in [0, 0.05) is 18.0 Å². The van der Waals surface area contributed by atoms with Crippen LogP contribution in [-0.4, -0.2) is 34.7 Å². The van der Waals surface area contributed by atoms with Crippen LogP contribution >= 0.6 is 11.3 Å². The predicted octanol–water partition coefficient (Wildman–Crippen LogP) is 5.35. The zero-order chi connectivity index (χ0) is 23.1. The number of rotatable bonds is 9. The zero-order valence-electron chi connectivity index (χ0n) is 18.1. The van der Waals surface area contributed by atoms with Gasteiger partial charge in [-0.1, -0.05) is 44.2 Å². The second-order valence-electron chi connectivity index (χ2n) is 8.01. The lowest BCUT2D eigenvalue weighted by Gasteiger charge is -2.29. The third-order valence-electron chi connectivity index (χ3n) is 4.87. The molecule has 1 aromatic heterocycles. The van der Waals surface area contributed by atoms with Gasteiger partial charge in [0.2, 0.25) is 5.91 Å². The van der Waals surface area contributed by atoms with Crippen molar-refractivity contribution in [2.75, 3.05) is 13.1 Å². The molecule has 0 radical (unpaired) electrons. The second-order valence-corrected chi connectivity index (χ2v) is 9.05. The molecule has 3 rings (SSSR count). The molecule has 0 aliphatic rings. The monoisotopic (exact) mass is 456 g/mol. The van der Waals surface area contributed by atoms with Crippen LogP contribution in [0.15, 0.2) is 66.0 Å². The van der Waals surface area contributed by atoms with E-state index in [0.29, 0.717) is 13.1 Å². The Morgan fingerprint density at radius 3 is 2.25 bits per heavy atom. The van der Waals surface area contributed by atoms with Crippen molar-refractivity contribution in [2.45, 2.75) is 26.9 Å². The van der Waals surface area contributed by atoms with Crippen LogP contribution < -0.4 is 0 Å². The van der Waals surface area contributed by atoms with Gasteiger partial charge in [-0.3, -0.25) is 9.59 Å². The molecular formula is C25H26F2N2O2S. The van der Waals surface area contributed by atoms with E-state index in [2.05, 4.69) is 0 Å². The molecule has 2 amide bonds. The minimum absolute atomic E-state index is 0.0516. The van der Waals surface area contributed by atoms with Crippen LogP contribution in [0.1, 0.15) is 34.6 Å². The van der Waals surface area contributed by atoms with Crippen LogP contribution in [0, 0.1) is 17.6 Å². The Labute approximate surface area is 191 Å². The average Bonchev–Trinajstić information content (AvgIpc) is 3.27. The summed E-state index contributed by atoms with van der Waals surface area (Å²) in [4.78, 5) is 30.4. The molecule has 0 atom stereocenters. The molecule has 0 saturated carbocycles. The fraction of sp³-hybridized carbons (Fsp3) is 0.280. The molecule has 0 N–H and O–H groups in total. The third kappa shape index (κ3) is 6.47. The number of benzene rings is 2. The second kappa shape index (κ2) is 11.0. The standard InChI is InChI=1S/C25H26F2N2O2S/c1-18(2)14-29(25(31)22-7-3-4-8-23(22)27)17-24(30)28(16-21-6-5-13-32-21)15-19-9-11-20(26)12-10-19/h3-13,18H,14-17H2,1-2H3. The summed E-state index contributed by atoms with van der Waals surface area (Å²) < 4.78 is 27.5. The first-order chi connectivity index (χ1) is 15.3. The molecule has 2 aromatic carbocycles. The van der Waals surface area contributed by atoms with Crippen LogP contribution in [0.5, 0.6) is 0 Å². The first-order valence-corrected chi connectivity index (χ1v) is 11.3. The molecule has 168 valence electrons. The van der Waals surface area contributed by atoms with Gasteiger partial charge in [-0.15, -0.1) is 11.3 Å². The van der Waals surface area contributed by atoms with E-state index < -0.39 is 11.7 Å². The number of halogens is 2. The van der Waals surface area contributed by atoms with Gasteiger partial charge in [0.25, 0.3) is 5.91 Å². The van der Waals surface area contributed by atoms with Gasteiger partial charge in [-0.2, -0.15) is 0 Å². The quantitative estimate of drug-likeness (QED) is 0.435. The average molecular weight is 457 g/mol. The molecule has 0 unspecified atom stereocenters. The Hall–Kier alpha value is -3.06.